The maximum Gasteiger partial charge on any atom is 0.242 e. The number of nitrogens with one attached hydrogen (secondary N) is 1. The highest BCUT2D eigenvalue weighted by atomic mass is 35.5. The van der Waals surface area contributed by atoms with E-state index < -0.39 is 16.1 Å². The van der Waals surface area contributed by atoms with Crippen LogP contribution in [-0.4, -0.2) is 50.5 Å². The summed E-state index contributed by atoms with van der Waals surface area (Å²) in [7, 11) is -3.54. The molecular weight excluding hydrogens is 474 g/mol. The van der Waals surface area contributed by atoms with Crippen LogP contribution in [0, 0.1) is 0 Å². The zero-order chi connectivity index (χ0) is 25.1. The average Bonchev–Trinajstić information content (AvgIpc) is 2.81. The molecule has 1 N–H and O–H groups in total. The van der Waals surface area contributed by atoms with Gasteiger partial charge in [0, 0.05) is 31.1 Å². The third-order valence-electron chi connectivity index (χ3n) is 5.40. The molecular formula is C25H34ClN3O4S. The number of rotatable bonds is 13. The maximum atomic E-state index is 13.3. The Labute approximate surface area is 208 Å². The predicted octanol–water partition coefficient (Wildman–Crippen LogP) is 4.22. The van der Waals surface area contributed by atoms with Crippen molar-refractivity contribution in [1.29, 1.82) is 0 Å². The van der Waals surface area contributed by atoms with E-state index in [0.717, 1.165) is 18.2 Å². The van der Waals surface area contributed by atoms with Gasteiger partial charge in [-0.3, -0.25) is 13.9 Å². The Morgan fingerprint density at radius 1 is 1.03 bits per heavy atom. The number of hydrogen-bond donors (Lipinski definition) is 1. The molecule has 0 fully saturated rings. The fourth-order valence-corrected chi connectivity index (χ4v) is 4.77. The number of anilines is 1. The molecule has 0 bridgehead atoms. The molecule has 186 valence electrons. The first-order valence-corrected chi connectivity index (χ1v) is 13.7. The van der Waals surface area contributed by atoms with Crippen LogP contribution in [0.3, 0.4) is 0 Å². The summed E-state index contributed by atoms with van der Waals surface area (Å²) in [5.74, 6) is -0.362. The topological polar surface area (TPSA) is 86.8 Å². The molecule has 7 nitrogen and oxygen atoms in total. The fourth-order valence-electron chi connectivity index (χ4n) is 3.68. The Morgan fingerprint density at radius 3 is 2.24 bits per heavy atom. The lowest BCUT2D eigenvalue weighted by atomic mass is 10.1. The van der Waals surface area contributed by atoms with E-state index in [1.54, 1.807) is 29.2 Å². The van der Waals surface area contributed by atoms with Crippen molar-refractivity contribution in [3.63, 3.8) is 0 Å². The lowest BCUT2D eigenvalue weighted by molar-refractivity contribution is -0.141. The average molecular weight is 508 g/mol. The molecule has 34 heavy (non-hydrogen) atoms. The van der Waals surface area contributed by atoms with Gasteiger partial charge < -0.3 is 10.2 Å². The lowest BCUT2D eigenvalue weighted by Gasteiger charge is -2.31. The third-order valence-corrected chi connectivity index (χ3v) is 6.84. The number of carbonyl (C=O) groups is 2. The zero-order valence-corrected chi connectivity index (χ0v) is 21.6. The van der Waals surface area contributed by atoms with E-state index in [-0.39, 0.29) is 24.8 Å². The van der Waals surface area contributed by atoms with Gasteiger partial charge in [0.15, 0.2) is 0 Å². The van der Waals surface area contributed by atoms with Gasteiger partial charge in [0.25, 0.3) is 0 Å². The molecule has 0 aliphatic rings. The highest BCUT2D eigenvalue weighted by Gasteiger charge is 2.28. The Hall–Kier alpha value is -2.58. The molecule has 2 aromatic carbocycles. The van der Waals surface area contributed by atoms with Crippen LogP contribution in [0.25, 0.3) is 0 Å². The van der Waals surface area contributed by atoms with E-state index in [4.69, 9.17) is 11.6 Å². The molecule has 2 amide bonds. The van der Waals surface area contributed by atoms with E-state index in [2.05, 4.69) is 5.32 Å². The second kappa shape index (κ2) is 13.3. The van der Waals surface area contributed by atoms with E-state index in [1.165, 1.54) is 4.31 Å². The van der Waals surface area contributed by atoms with Crippen molar-refractivity contribution in [2.45, 2.75) is 52.1 Å². The van der Waals surface area contributed by atoms with Gasteiger partial charge in [-0.15, -0.1) is 0 Å². The number of hydrogen-bond acceptors (Lipinski definition) is 4. The first kappa shape index (κ1) is 27.7. The summed E-state index contributed by atoms with van der Waals surface area (Å²) in [6, 6.07) is 15.5. The molecule has 0 radical (unpaired) electrons. The van der Waals surface area contributed by atoms with Crippen LogP contribution < -0.4 is 9.62 Å². The van der Waals surface area contributed by atoms with Crippen LogP contribution >= 0.6 is 11.6 Å². The Kier molecular flexibility index (Phi) is 10.9. The van der Waals surface area contributed by atoms with Crippen molar-refractivity contribution in [3.05, 3.63) is 65.2 Å². The molecule has 0 unspecified atom stereocenters. The van der Waals surface area contributed by atoms with Crippen LogP contribution in [0.5, 0.6) is 0 Å². The molecule has 1 atom stereocenters. The van der Waals surface area contributed by atoms with E-state index >= 15 is 0 Å². The second-order valence-electron chi connectivity index (χ2n) is 8.14. The molecule has 9 heteroatoms. The molecule has 0 saturated heterocycles. The summed E-state index contributed by atoms with van der Waals surface area (Å²) in [6.45, 7) is 4.86. The second-order valence-corrected chi connectivity index (χ2v) is 10.5. The minimum absolute atomic E-state index is 0.115. The molecule has 0 aliphatic carbocycles. The summed E-state index contributed by atoms with van der Waals surface area (Å²) in [5.41, 5.74) is 1.42. The SMILES string of the molecule is CCCNC(=O)[C@H](CC)N(Cc1ccccc1)C(=O)CCCN(c1ccc(Cl)cc1)S(C)(=O)=O. The first-order valence-electron chi connectivity index (χ1n) is 11.5. The Morgan fingerprint density at radius 2 is 1.68 bits per heavy atom. The molecule has 0 aromatic heterocycles. The zero-order valence-electron chi connectivity index (χ0n) is 20.0. The summed E-state index contributed by atoms with van der Waals surface area (Å²) in [5, 5.41) is 3.40. The predicted molar refractivity (Wildman–Crippen MR) is 137 cm³/mol. The number of benzene rings is 2. The summed E-state index contributed by atoms with van der Waals surface area (Å²) < 4.78 is 26.0. The standard InChI is InChI=1S/C25H34ClN3O4S/c1-4-17-27-25(31)23(5-2)28(19-20-10-7-6-8-11-20)24(30)12-9-18-29(34(3,32)33)22-15-13-21(26)14-16-22/h6-8,10-11,13-16,23H,4-5,9,12,17-19H2,1-3H3,(H,27,31)/t23-/m0/s1. The van der Waals surface area contributed by atoms with Crippen molar-refractivity contribution in [2.24, 2.45) is 0 Å². The van der Waals surface area contributed by atoms with Crippen LogP contribution in [0.15, 0.2) is 54.6 Å². The van der Waals surface area contributed by atoms with Gasteiger partial charge in [-0.05, 0) is 49.1 Å². The summed E-state index contributed by atoms with van der Waals surface area (Å²) >= 11 is 5.93. The van der Waals surface area contributed by atoms with Crippen molar-refractivity contribution >= 4 is 39.1 Å². The summed E-state index contributed by atoms with van der Waals surface area (Å²) in [6.07, 6.45) is 2.85. The van der Waals surface area contributed by atoms with Crippen molar-refractivity contribution in [2.75, 3.05) is 23.7 Å². The minimum Gasteiger partial charge on any atom is -0.354 e. The Bertz CT molecular complexity index is 1030. The maximum absolute atomic E-state index is 13.3. The largest absolute Gasteiger partial charge is 0.354 e. The number of carbonyl (C=O) groups excluding carboxylic acids is 2. The summed E-state index contributed by atoms with van der Waals surface area (Å²) in [4.78, 5) is 27.7. The smallest absolute Gasteiger partial charge is 0.242 e. The van der Waals surface area contributed by atoms with E-state index in [0.29, 0.717) is 36.6 Å². The molecule has 2 aromatic rings. The van der Waals surface area contributed by atoms with E-state index in [9.17, 15) is 18.0 Å². The van der Waals surface area contributed by atoms with Gasteiger partial charge in [-0.1, -0.05) is 55.8 Å². The van der Waals surface area contributed by atoms with Crippen LogP contribution in [-0.2, 0) is 26.2 Å². The highest BCUT2D eigenvalue weighted by molar-refractivity contribution is 7.92. The quantitative estimate of drug-likeness (QED) is 0.439. The number of amides is 2. The van der Waals surface area contributed by atoms with Gasteiger partial charge in [0.2, 0.25) is 21.8 Å². The van der Waals surface area contributed by atoms with Gasteiger partial charge in [-0.25, -0.2) is 8.42 Å². The molecule has 2 rings (SSSR count). The number of nitrogens with zero attached hydrogens (tertiary/aromatic N) is 2. The molecule has 0 spiro atoms. The number of sulfonamides is 1. The first-order chi connectivity index (χ1) is 16.2. The van der Waals surface area contributed by atoms with Crippen LogP contribution in [0.4, 0.5) is 5.69 Å². The van der Waals surface area contributed by atoms with Gasteiger partial charge >= 0.3 is 0 Å². The normalized spacial score (nSPS) is 12.1. The van der Waals surface area contributed by atoms with E-state index in [1.807, 2.05) is 44.2 Å². The van der Waals surface area contributed by atoms with Crippen molar-refractivity contribution < 1.29 is 18.0 Å². The number of halogens is 1. The van der Waals surface area contributed by atoms with Crippen molar-refractivity contribution in [3.8, 4) is 0 Å². The Balaban J connectivity index is 2.16. The van der Waals surface area contributed by atoms with Crippen LogP contribution in [0.2, 0.25) is 5.02 Å². The lowest BCUT2D eigenvalue weighted by Crippen LogP contribution is -2.49. The minimum atomic E-state index is -3.54. The molecule has 0 aliphatic heterocycles. The van der Waals surface area contributed by atoms with Gasteiger partial charge in [0.1, 0.15) is 6.04 Å². The molecule has 0 saturated carbocycles. The third kappa shape index (κ3) is 8.33. The highest BCUT2D eigenvalue weighted by Crippen LogP contribution is 2.21. The van der Waals surface area contributed by atoms with Gasteiger partial charge in [-0.2, -0.15) is 0 Å². The van der Waals surface area contributed by atoms with Gasteiger partial charge in [0.05, 0.1) is 11.9 Å². The molecule has 0 heterocycles. The fraction of sp³-hybridized carbons (Fsp3) is 0.440. The van der Waals surface area contributed by atoms with Crippen LogP contribution in [0.1, 0.15) is 45.1 Å². The van der Waals surface area contributed by atoms with Crippen molar-refractivity contribution in [1.82, 2.24) is 10.2 Å². The monoisotopic (exact) mass is 507 g/mol.